The fraction of sp³-hybridized carbons (Fsp3) is 0.429. The van der Waals surface area contributed by atoms with Crippen LogP contribution in [-0.4, -0.2) is 11.7 Å². The second kappa shape index (κ2) is 4.72. The van der Waals surface area contributed by atoms with Crippen LogP contribution < -0.4 is 5.73 Å². The molecular formula is C7H12ClNOS. The molecule has 0 aromatic carbocycles. The number of hydrogen-bond donors (Lipinski definition) is 2. The third-order valence-electron chi connectivity index (χ3n) is 1.32. The van der Waals surface area contributed by atoms with Crippen molar-refractivity contribution in [2.75, 3.05) is 6.61 Å². The molecule has 0 fully saturated rings. The van der Waals surface area contributed by atoms with Crippen molar-refractivity contribution in [1.82, 2.24) is 0 Å². The minimum Gasteiger partial charge on any atom is -0.394 e. The lowest BCUT2D eigenvalue weighted by atomic mass is 10.3. The molecule has 0 aliphatic rings. The Morgan fingerprint density at radius 2 is 2.27 bits per heavy atom. The molecular weight excluding hydrogens is 182 g/mol. The average Bonchev–Trinajstić information content (AvgIpc) is 2.34. The monoisotopic (exact) mass is 193 g/mol. The highest BCUT2D eigenvalue weighted by atomic mass is 35.5. The summed E-state index contributed by atoms with van der Waals surface area (Å²) in [6.45, 7) is 2.05. The molecule has 0 saturated carbocycles. The minimum atomic E-state index is -0.196. The van der Waals surface area contributed by atoms with Crippen molar-refractivity contribution in [3.05, 3.63) is 21.9 Å². The summed E-state index contributed by atoms with van der Waals surface area (Å²) < 4.78 is 0. The van der Waals surface area contributed by atoms with E-state index in [0.29, 0.717) is 0 Å². The smallest absolute Gasteiger partial charge is 0.0632 e. The van der Waals surface area contributed by atoms with E-state index in [9.17, 15) is 0 Å². The first-order valence-corrected chi connectivity index (χ1v) is 3.98. The Bertz CT molecular complexity index is 214. The lowest BCUT2D eigenvalue weighted by Gasteiger charge is -2.02. The molecule has 0 amide bonds. The zero-order valence-electron chi connectivity index (χ0n) is 6.28. The number of halogens is 1. The van der Waals surface area contributed by atoms with E-state index in [1.807, 2.05) is 19.1 Å². The van der Waals surface area contributed by atoms with E-state index >= 15 is 0 Å². The highest BCUT2D eigenvalue weighted by molar-refractivity contribution is 7.12. The van der Waals surface area contributed by atoms with Gasteiger partial charge in [-0.15, -0.1) is 23.7 Å². The molecule has 1 heterocycles. The Morgan fingerprint density at radius 1 is 1.64 bits per heavy atom. The molecule has 0 bridgehead atoms. The van der Waals surface area contributed by atoms with Gasteiger partial charge in [0, 0.05) is 9.75 Å². The number of aliphatic hydroxyl groups excluding tert-OH is 1. The van der Waals surface area contributed by atoms with Crippen LogP contribution in [0.25, 0.3) is 0 Å². The van der Waals surface area contributed by atoms with E-state index in [1.54, 1.807) is 11.3 Å². The molecule has 0 spiro atoms. The second-order valence-electron chi connectivity index (χ2n) is 2.24. The first kappa shape index (κ1) is 10.9. The summed E-state index contributed by atoms with van der Waals surface area (Å²) in [4.78, 5) is 2.29. The SMILES string of the molecule is Cc1ccc([C@H](N)CO)s1.Cl. The number of rotatable bonds is 2. The lowest BCUT2D eigenvalue weighted by Crippen LogP contribution is -2.12. The highest BCUT2D eigenvalue weighted by Gasteiger charge is 2.04. The molecule has 2 nitrogen and oxygen atoms in total. The summed E-state index contributed by atoms with van der Waals surface area (Å²) in [5.74, 6) is 0. The Kier molecular flexibility index (Phi) is 4.68. The Balaban J connectivity index is 0.000001000. The molecule has 1 atom stereocenters. The average molecular weight is 194 g/mol. The van der Waals surface area contributed by atoms with Gasteiger partial charge in [-0.05, 0) is 19.1 Å². The van der Waals surface area contributed by atoms with Crippen molar-refractivity contribution in [1.29, 1.82) is 0 Å². The van der Waals surface area contributed by atoms with Crippen LogP contribution in [0, 0.1) is 6.92 Å². The van der Waals surface area contributed by atoms with Crippen molar-refractivity contribution in [3.63, 3.8) is 0 Å². The molecule has 1 aromatic rings. The van der Waals surface area contributed by atoms with Crippen molar-refractivity contribution in [2.45, 2.75) is 13.0 Å². The quantitative estimate of drug-likeness (QED) is 0.748. The van der Waals surface area contributed by atoms with Crippen molar-refractivity contribution < 1.29 is 5.11 Å². The van der Waals surface area contributed by atoms with Gasteiger partial charge in [0.15, 0.2) is 0 Å². The minimum absolute atomic E-state index is 0. The van der Waals surface area contributed by atoms with Gasteiger partial charge in [0.25, 0.3) is 0 Å². The van der Waals surface area contributed by atoms with Crippen molar-refractivity contribution >= 4 is 23.7 Å². The van der Waals surface area contributed by atoms with Crippen LogP contribution in [0.5, 0.6) is 0 Å². The third kappa shape index (κ3) is 2.79. The zero-order valence-corrected chi connectivity index (χ0v) is 7.91. The summed E-state index contributed by atoms with van der Waals surface area (Å²) >= 11 is 1.64. The molecule has 0 unspecified atom stereocenters. The number of nitrogens with two attached hydrogens (primary N) is 1. The third-order valence-corrected chi connectivity index (χ3v) is 2.46. The van der Waals surface area contributed by atoms with Crippen LogP contribution in [0.15, 0.2) is 12.1 Å². The van der Waals surface area contributed by atoms with Gasteiger partial charge in [0.2, 0.25) is 0 Å². The van der Waals surface area contributed by atoms with Gasteiger partial charge in [-0.25, -0.2) is 0 Å². The van der Waals surface area contributed by atoms with E-state index in [-0.39, 0.29) is 25.1 Å². The summed E-state index contributed by atoms with van der Waals surface area (Å²) in [7, 11) is 0. The molecule has 1 aromatic heterocycles. The van der Waals surface area contributed by atoms with E-state index in [4.69, 9.17) is 10.8 Å². The van der Waals surface area contributed by atoms with Crippen LogP contribution >= 0.6 is 23.7 Å². The predicted octanol–water partition coefficient (Wildman–Crippen LogP) is 1.47. The largest absolute Gasteiger partial charge is 0.394 e. The van der Waals surface area contributed by atoms with E-state index in [1.165, 1.54) is 4.88 Å². The maximum Gasteiger partial charge on any atom is 0.0632 e. The van der Waals surface area contributed by atoms with Gasteiger partial charge >= 0.3 is 0 Å². The maximum absolute atomic E-state index is 8.68. The molecule has 0 aliphatic carbocycles. The maximum atomic E-state index is 8.68. The van der Waals surface area contributed by atoms with Crippen LogP contribution in [0.1, 0.15) is 15.8 Å². The normalized spacial score (nSPS) is 12.3. The Morgan fingerprint density at radius 3 is 2.64 bits per heavy atom. The summed E-state index contributed by atoms with van der Waals surface area (Å²) in [6.07, 6.45) is 0. The molecule has 1 rings (SSSR count). The number of thiophene rings is 1. The molecule has 64 valence electrons. The van der Waals surface area contributed by atoms with Crippen molar-refractivity contribution in [3.8, 4) is 0 Å². The number of hydrogen-bond acceptors (Lipinski definition) is 3. The van der Waals surface area contributed by atoms with Crippen LogP contribution in [0.4, 0.5) is 0 Å². The summed E-state index contributed by atoms with van der Waals surface area (Å²) in [6, 6.07) is 3.77. The zero-order chi connectivity index (χ0) is 7.56. The van der Waals surface area contributed by atoms with Gasteiger partial charge in [-0.1, -0.05) is 0 Å². The van der Waals surface area contributed by atoms with E-state index < -0.39 is 0 Å². The van der Waals surface area contributed by atoms with Gasteiger partial charge in [-0.2, -0.15) is 0 Å². The summed E-state index contributed by atoms with van der Waals surface area (Å²) in [5.41, 5.74) is 5.57. The van der Waals surface area contributed by atoms with E-state index in [0.717, 1.165) is 4.88 Å². The van der Waals surface area contributed by atoms with Crippen LogP contribution in [0.2, 0.25) is 0 Å². The predicted molar refractivity (Wildman–Crippen MR) is 50.3 cm³/mol. The molecule has 0 aliphatic heterocycles. The molecule has 0 saturated heterocycles. The fourth-order valence-corrected chi connectivity index (χ4v) is 1.61. The van der Waals surface area contributed by atoms with Gasteiger partial charge in [0.1, 0.15) is 0 Å². The lowest BCUT2D eigenvalue weighted by molar-refractivity contribution is 0.269. The molecule has 11 heavy (non-hydrogen) atoms. The fourth-order valence-electron chi connectivity index (χ4n) is 0.743. The number of aliphatic hydroxyl groups is 1. The van der Waals surface area contributed by atoms with E-state index in [2.05, 4.69) is 0 Å². The molecule has 0 radical (unpaired) electrons. The summed E-state index contributed by atoms with van der Waals surface area (Å²) in [5, 5.41) is 8.68. The second-order valence-corrected chi connectivity index (χ2v) is 3.56. The Hall–Kier alpha value is -0.0900. The first-order valence-electron chi connectivity index (χ1n) is 3.17. The topological polar surface area (TPSA) is 46.2 Å². The number of aryl methyl sites for hydroxylation is 1. The van der Waals surface area contributed by atoms with Gasteiger partial charge in [-0.3, -0.25) is 0 Å². The standard InChI is InChI=1S/C7H11NOS.ClH/c1-5-2-3-7(10-5)6(8)4-9;/h2-3,6,9H,4,8H2,1H3;1H/t6-;/m1./s1. The molecule has 3 N–H and O–H groups in total. The van der Waals surface area contributed by atoms with Crippen LogP contribution in [0.3, 0.4) is 0 Å². The van der Waals surface area contributed by atoms with Gasteiger partial charge in [0.05, 0.1) is 12.6 Å². The van der Waals surface area contributed by atoms with Crippen molar-refractivity contribution in [2.24, 2.45) is 5.73 Å². The van der Waals surface area contributed by atoms with Gasteiger partial charge < -0.3 is 10.8 Å². The molecule has 4 heteroatoms. The highest BCUT2D eigenvalue weighted by Crippen LogP contribution is 2.20. The first-order chi connectivity index (χ1) is 4.74. The Labute approximate surface area is 76.5 Å². The van der Waals surface area contributed by atoms with Crippen LogP contribution in [-0.2, 0) is 0 Å².